The third-order valence-corrected chi connectivity index (χ3v) is 4.15. The van der Waals surface area contributed by atoms with Gasteiger partial charge < -0.3 is 11.5 Å². The molecule has 2 amide bonds. The average molecular weight is 196 g/mol. The van der Waals surface area contributed by atoms with Crippen LogP contribution < -0.4 is 11.5 Å². The van der Waals surface area contributed by atoms with Crippen molar-refractivity contribution >= 4 is 14.4 Å². The Morgan fingerprint density at radius 2 is 1.85 bits per heavy atom. The lowest BCUT2D eigenvalue weighted by Crippen LogP contribution is -2.18. The highest BCUT2D eigenvalue weighted by Gasteiger charge is 1.92. The molecule has 0 aliphatic rings. The van der Waals surface area contributed by atoms with E-state index in [4.69, 9.17) is 4.79 Å². The van der Waals surface area contributed by atoms with Crippen LogP contribution in [0.1, 0.15) is 10.7 Å². The summed E-state index contributed by atoms with van der Waals surface area (Å²) in [5.74, 6) is 0. The molecule has 13 heavy (non-hydrogen) atoms. The molecule has 3 nitrogen and oxygen atoms in total. The number of hydrogen-bond acceptors (Lipinski definition) is 1. The monoisotopic (exact) mass is 196 g/mol. The summed E-state index contributed by atoms with van der Waals surface area (Å²) >= 11 is 0. The number of aryl methyl sites for hydroxylation is 2. The van der Waals surface area contributed by atoms with Crippen LogP contribution in [-0.2, 0) is 6.55 Å². The van der Waals surface area contributed by atoms with Gasteiger partial charge in [0.15, 0.2) is 0 Å². The minimum absolute atomic E-state index is 0.252. The molecule has 1 aromatic rings. The van der Waals surface area contributed by atoms with E-state index in [0.29, 0.717) is 0 Å². The van der Waals surface area contributed by atoms with Gasteiger partial charge in [-0.15, -0.1) is 0 Å². The number of carbonyl (C=O) groups excluding carboxylic acids is 1. The third-order valence-electron chi connectivity index (χ3n) is 1.88. The Balaban J connectivity index is 0.000000310. The number of hydrogen-bond donors (Lipinski definition) is 2. The third kappa shape index (κ3) is 5.14. The molecule has 4 N–H and O–H groups in total. The first-order valence-corrected chi connectivity index (χ1v) is 6.10. The second kappa shape index (κ2) is 5.48. The van der Waals surface area contributed by atoms with Gasteiger partial charge in [0.05, 0.1) is 0 Å². The molecule has 0 fully saturated rings. The molecule has 1 aromatic heterocycles. The number of nitrogens with two attached hydrogens (primary N) is 2. The number of rotatable bonds is 0. The summed E-state index contributed by atoms with van der Waals surface area (Å²) in [4.78, 5) is 9.00. The maximum absolute atomic E-state index is 9.00. The summed E-state index contributed by atoms with van der Waals surface area (Å²) in [7, 11) is -0.252. The number of carbonyl (C=O) groups is 1. The number of urea groups is 1. The minimum Gasteiger partial charge on any atom is -0.352 e. The topological polar surface area (TPSA) is 69.1 Å². The summed E-state index contributed by atoms with van der Waals surface area (Å²) in [5, 5.41) is 1.60. The zero-order valence-corrected chi connectivity index (χ0v) is 9.29. The molecule has 0 aliphatic carbocycles. The maximum Gasteiger partial charge on any atom is 0.309 e. The second-order valence-electron chi connectivity index (χ2n) is 2.92. The largest absolute Gasteiger partial charge is 0.352 e. The Morgan fingerprint density at radius 1 is 1.38 bits per heavy atom. The molecule has 1 rings (SSSR count). The molecule has 4 heteroatoms. The molecule has 0 saturated heterocycles. The Morgan fingerprint density at radius 3 is 2.15 bits per heavy atom. The van der Waals surface area contributed by atoms with Gasteiger partial charge in [-0.2, -0.15) is 0 Å². The van der Waals surface area contributed by atoms with Gasteiger partial charge in [-0.25, -0.2) is 4.79 Å². The van der Waals surface area contributed by atoms with E-state index in [9.17, 15) is 0 Å². The lowest BCUT2D eigenvalue weighted by molar-refractivity contribution is 0.256. The lowest BCUT2D eigenvalue weighted by atomic mass is 10.3. The van der Waals surface area contributed by atoms with Crippen LogP contribution in [0.25, 0.3) is 0 Å². The van der Waals surface area contributed by atoms with Gasteiger partial charge in [0, 0.05) is 8.40 Å². The van der Waals surface area contributed by atoms with Crippen molar-refractivity contribution in [3.05, 3.63) is 28.5 Å². The molecule has 0 atom stereocenters. The summed E-state index contributed by atoms with van der Waals surface area (Å²) in [6, 6.07) is 3.53. The van der Waals surface area contributed by atoms with Crippen LogP contribution in [0.3, 0.4) is 0 Å². The minimum atomic E-state index is -0.833. The van der Waals surface area contributed by atoms with Crippen molar-refractivity contribution in [3.63, 3.8) is 0 Å². The van der Waals surface area contributed by atoms with Gasteiger partial charge in [0.2, 0.25) is 0 Å². The summed E-state index contributed by atoms with van der Waals surface area (Å²) < 4.78 is 0. The normalized spacial score (nSPS) is 8.54. The van der Waals surface area contributed by atoms with Gasteiger partial charge in [0.1, 0.15) is 0 Å². The Bertz CT molecular complexity index is 275. The van der Waals surface area contributed by atoms with Crippen LogP contribution in [0.2, 0.25) is 0 Å². The Hall–Kier alpha value is -1.16. The first kappa shape index (κ1) is 11.8. The second-order valence-corrected chi connectivity index (χ2v) is 5.37. The van der Waals surface area contributed by atoms with Crippen molar-refractivity contribution in [2.75, 3.05) is 0 Å². The molecule has 0 unspecified atom stereocenters. The maximum atomic E-state index is 9.00. The molecule has 72 valence electrons. The van der Waals surface area contributed by atoms with E-state index in [1.165, 1.54) is 5.56 Å². The fourth-order valence-corrected chi connectivity index (χ4v) is 2.24. The molecule has 0 aromatic carbocycles. The van der Waals surface area contributed by atoms with Crippen molar-refractivity contribution < 1.29 is 4.79 Å². The zero-order valence-electron chi connectivity index (χ0n) is 8.29. The summed E-state index contributed by atoms with van der Waals surface area (Å²) in [6.45, 7) is 6.75. The fraction of sp³-hybridized carbons (Fsp3) is 0.333. The quantitative estimate of drug-likeness (QED) is 0.594. The number of primary amides is 2. The molecular weight excluding hydrogens is 180 g/mol. The van der Waals surface area contributed by atoms with Crippen LogP contribution in [0.4, 0.5) is 4.79 Å². The smallest absolute Gasteiger partial charge is 0.309 e. The van der Waals surface area contributed by atoms with E-state index in [1.54, 1.807) is 5.17 Å². The van der Waals surface area contributed by atoms with Gasteiger partial charge >= 0.3 is 6.03 Å². The SMILES string of the molecule is Cc1ccc[si](C)c1C.NC(N)=O. The summed E-state index contributed by atoms with van der Waals surface area (Å²) in [5.41, 5.74) is 12.3. The molecule has 0 aliphatic heterocycles. The Kier molecular flexibility index (Phi) is 4.99. The van der Waals surface area contributed by atoms with E-state index in [1.807, 2.05) is 0 Å². The highest BCUT2D eigenvalue weighted by atomic mass is 28.2. The van der Waals surface area contributed by atoms with Gasteiger partial charge in [0.25, 0.3) is 0 Å². The summed E-state index contributed by atoms with van der Waals surface area (Å²) in [6.07, 6.45) is 0. The predicted octanol–water partition coefficient (Wildman–Crippen LogP) is 0.890. The van der Waals surface area contributed by atoms with Crippen molar-refractivity contribution in [2.24, 2.45) is 18.0 Å². The molecular formula is C9H16N2OSi. The van der Waals surface area contributed by atoms with Crippen molar-refractivity contribution in [1.29, 1.82) is 0 Å². The molecule has 0 spiro atoms. The van der Waals surface area contributed by atoms with Crippen LogP contribution >= 0.6 is 0 Å². The Labute approximate surface area is 80.3 Å². The lowest BCUT2D eigenvalue weighted by Gasteiger charge is -2.00. The highest BCUT2D eigenvalue weighted by molar-refractivity contribution is 6.50. The van der Waals surface area contributed by atoms with Crippen molar-refractivity contribution in [2.45, 2.75) is 13.8 Å². The van der Waals surface area contributed by atoms with Gasteiger partial charge in [-0.3, -0.25) is 0 Å². The van der Waals surface area contributed by atoms with Crippen LogP contribution in [-0.4, -0.2) is 14.4 Å². The van der Waals surface area contributed by atoms with E-state index in [2.05, 4.69) is 49.7 Å². The first-order chi connectivity index (χ1) is 5.95. The van der Waals surface area contributed by atoms with Crippen LogP contribution in [0, 0.1) is 13.8 Å². The predicted molar refractivity (Wildman–Crippen MR) is 56.6 cm³/mol. The van der Waals surface area contributed by atoms with E-state index in [0.717, 1.165) is 0 Å². The molecule has 0 saturated carbocycles. The first-order valence-electron chi connectivity index (χ1n) is 4.03. The standard InChI is InChI=1S/C8H12Si.CH4N2O/c1-7-5-4-6-9(3)8(7)2;2-1(3)4/h4-6H,1-3H3;(H4,2,3,4). The van der Waals surface area contributed by atoms with Crippen molar-refractivity contribution in [1.82, 2.24) is 0 Å². The van der Waals surface area contributed by atoms with Crippen LogP contribution in [0.5, 0.6) is 0 Å². The zero-order chi connectivity index (χ0) is 10.4. The fourth-order valence-electron chi connectivity index (χ4n) is 0.898. The molecule has 1 heterocycles. The molecule has 0 radical (unpaired) electrons. The van der Waals surface area contributed by atoms with Crippen molar-refractivity contribution in [3.8, 4) is 0 Å². The highest BCUT2D eigenvalue weighted by Crippen LogP contribution is 2.01. The van der Waals surface area contributed by atoms with E-state index in [-0.39, 0.29) is 8.40 Å². The van der Waals surface area contributed by atoms with Crippen LogP contribution in [0.15, 0.2) is 17.8 Å². The number of amides is 2. The average Bonchev–Trinajstić information content (AvgIpc) is 1.99. The van der Waals surface area contributed by atoms with E-state index < -0.39 is 6.03 Å². The van der Waals surface area contributed by atoms with E-state index >= 15 is 0 Å². The molecule has 0 bridgehead atoms. The van der Waals surface area contributed by atoms with Gasteiger partial charge in [-0.05, 0) is 13.8 Å². The van der Waals surface area contributed by atoms with Gasteiger partial charge in [-0.1, -0.05) is 35.1 Å².